The fraction of sp³-hybridized carbons (Fsp3) is 0.241. The Kier molecular flexibility index (Phi) is 6.27. The minimum Gasteiger partial charge on any atom is -0.454 e. The molecule has 0 radical (unpaired) electrons. The standard InChI is InChI=1S/C29H25NO5/c31-26(20-9-5-2-6-10-20)18-35-29(34)21-11-14-23(15-12-21)30-27(32)24-16-13-22(17-25(24)28(30)33)19-7-3-1-4-8-19/h1-12,14-15,22,24-25H,13,16-18H2/t22-,24+,25-/m0/s1. The Bertz CT molecular complexity index is 1250. The lowest BCUT2D eigenvalue weighted by Crippen LogP contribution is -2.30. The van der Waals surface area contributed by atoms with Gasteiger partial charge in [-0.2, -0.15) is 0 Å². The molecule has 0 spiro atoms. The van der Waals surface area contributed by atoms with Gasteiger partial charge in [-0.25, -0.2) is 4.79 Å². The van der Waals surface area contributed by atoms with Crippen molar-refractivity contribution in [2.24, 2.45) is 11.8 Å². The third-order valence-electron chi connectivity index (χ3n) is 6.99. The van der Waals surface area contributed by atoms with Gasteiger partial charge in [-0.3, -0.25) is 19.3 Å². The summed E-state index contributed by atoms with van der Waals surface area (Å²) in [5.74, 6) is -1.63. The first-order valence-electron chi connectivity index (χ1n) is 11.8. The van der Waals surface area contributed by atoms with Crippen molar-refractivity contribution in [1.29, 1.82) is 0 Å². The molecule has 35 heavy (non-hydrogen) atoms. The zero-order chi connectivity index (χ0) is 24.4. The van der Waals surface area contributed by atoms with Gasteiger partial charge in [0.05, 0.1) is 23.1 Å². The third-order valence-corrected chi connectivity index (χ3v) is 6.99. The van der Waals surface area contributed by atoms with Crippen LogP contribution in [0.15, 0.2) is 84.9 Å². The fourth-order valence-electron chi connectivity index (χ4n) is 5.13. The highest BCUT2D eigenvalue weighted by Gasteiger charge is 2.50. The van der Waals surface area contributed by atoms with E-state index in [4.69, 9.17) is 4.74 Å². The number of Topliss-reactive ketones (excluding diaryl/α,β-unsaturated/α-hetero) is 1. The van der Waals surface area contributed by atoms with E-state index in [2.05, 4.69) is 12.1 Å². The normalized spacial score (nSPS) is 21.5. The van der Waals surface area contributed by atoms with Crippen LogP contribution in [0, 0.1) is 11.8 Å². The molecule has 1 saturated heterocycles. The van der Waals surface area contributed by atoms with Crippen molar-refractivity contribution < 1.29 is 23.9 Å². The number of ketones is 1. The summed E-state index contributed by atoms with van der Waals surface area (Å²) in [6.45, 7) is -0.361. The van der Waals surface area contributed by atoms with Crippen molar-refractivity contribution in [3.63, 3.8) is 0 Å². The molecule has 1 aliphatic heterocycles. The first kappa shape index (κ1) is 22.7. The first-order valence-corrected chi connectivity index (χ1v) is 11.8. The molecule has 176 valence electrons. The van der Waals surface area contributed by atoms with Crippen LogP contribution in [0.3, 0.4) is 0 Å². The second-order valence-corrected chi connectivity index (χ2v) is 9.06. The highest BCUT2D eigenvalue weighted by atomic mass is 16.5. The molecule has 2 fully saturated rings. The van der Waals surface area contributed by atoms with Gasteiger partial charge in [-0.1, -0.05) is 60.7 Å². The SMILES string of the molecule is O=C(COC(=O)c1ccc(N2C(=O)[C@H]3C[C@@H](c4ccccc4)CC[C@H]3C2=O)cc1)c1ccccc1. The predicted octanol–water partition coefficient (Wildman–Crippen LogP) is 4.80. The molecule has 3 atom stereocenters. The fourth-order valence-corrected chi connectivity index (χ4v) is 5.13. The molecule has 0 unspecified atom stereocenters. The van der Waals surface area contributed by atoms with E-state index < -0.39 is 5.97 Å². The van der Waals surface area contributed by atoms with Crippen molar-refractivity contribution in [3.05, 3.63) is 102 Å². The summed E-state index contributed by atoms with van der Waals surface area (Å²) in [6, 6.07) is 24.9. The van der Waals surface area contributed by atoms with Crippen molar-refractivity contribution in [1.82, 2.24) is 0 Å². The van der Waals surface area contributed by atoms with Crippen LogP contribution >= 0.6 is 0 Å². The zero-order valence-electron chi connectivity index (χ0n) is 19.1. The zero-order valence-corrected chi connectivity index (χ0v) is 19.1. The van der Waals surface area contributed by atoms with Crippen molar-refractivity contribution in [2.45, 2.75) is 25.2 Å². The largest absolute Gasteiger partial charge is 0.454 e. The summed E-state index contributed by atoms with van der Waals surface area (Å²) in [5, 5.41) is 0. The van der Waals surface area contributed by atoms with E-state index in [1.54, 1.807) is 42.5 Å². The number of carbonyl (C=O) groups is 4. The van der Waals surface area contributed by atoms with E-state index in [9.17, 15) is 19.2 Å². The molecule has 5 rings (SSSR count). The van der Waals surface area contributed by atoms with E-state index >= 15 is 0 Å². The van der Waals surface area contributed by atoms with Gasteiger partial charge in [0.25, 0.3) is 0 Å². The molecule has 1 heterocycles. The molecule has 3 aromatic carbocycles. The molecule has 1 saturated carbocycles. The number of amides is 2. The van der Waals surface area contributed by atoms with E-state index in [1.807, 2.05) is 18.2 Å². The Morgan fingerprint density at radius 2 is 1.37 bits per heavy atom. The molecule has 2 amide bonds. The molecule has 3 aromatic rings. The van der Waals surface area contributed by atoms with Crippen LogP contribution < -0.4 is 4.90 Å². The molecular weight excluding hydrogens is 442 g/mol. The summed E-state index contributed by atoms with van der Waals surface area (Å²) in [5.41, 5.74) is 2.37. The first-order chi connectivity index (χ1) is 17.0. The summed E-state index contributed by atoms with van der Waals surface area (Å²) >= 11 is 0. The van der Waals surface area contributed by atoms with Gasteiger partial charge in [0.15, 0.2) is 12.4 Å². The second-order valence-electron chi connectivity index (χ2n) is 9.06. The van der Waals surface area contributed by atoms with Crippen molar-refractivity contribution in [3.8, 4) is 0 Å². The minimum absolute atomic E-state index is 0.171. The van der Waals surface area contributed by atoms with Gasteiger partial charge in [0.2, 0.25) is 11.8 Å². The lowest BCUT2D eigenvalue weighted by molar-refractivity contribution is -0.122. The number of anilines is 1. The monoisotopic (exact) mass is 467 g/mol. The summed E-state index contributed by atoms with van der Waals surface area (Å²) in [7, 11) is 0. The summed E-state index contributed by atoms with van der Waals surface area (Å²) < 4.78 is 5.15. The van der Waals surface area contributed by atoms with Crippen LogP contribution in [0.1, 0.15) is 51.5 Å². The lowest BCUT2D eigenvalue weighted by Gasteiger charge is -2.28. The number of fused-ring (bicyclic) bond motifs is 1. The van der Waals surface area contributed by atoms with E-state index in [1.165, 1.54) is 22.6 Å². The lowest BCUT2D eigenvalue weighted by atomic mass is 9.73. The highest BCUT2D eigenvalue weighted by molar-refractivity contribution is 6.22. The molecule has 0 bridgehead atoms. The maximum absolute atomic E-state index is 13.2. The molecule has 1 aliphatic carbocycles. The maximum atomic E-state index is 13.2. The Morgan fingerprint density at radius 3 is 2.06 bits per heavy atom. The average molecular weight is 468 g/mol. The smallest absolute Gasteiger partial charge is 0.338 e. The number of rotatable bonds is 6. The number of ether oxygens (including phenoxy) is 1. The number of benzene rings is 3. The quantitative estimate of drug-likeness (QED) is 0.296. The molecule has 6 nitrogen and oxygen atoms in total. The summed E-state index contributed by atoms with van der Waals surface area (Å²) in [6.07, 6.45) is 2.23. The molecule has 0 N–H and O–H groups in total. The molecular formula is C29H25NO5. The van der Waals surface area contributed by atoms with Gasteiger partial charge in [-0.15, -0.1) is 0 Å². The van der Waals surface area contributed by atoms with Crippen LogP contribution in [0.2, 0.25) is 0 Å². The maximum Gasteiger partial charge on any atom is 0.338 e. The van der Waals surface area contributed by atoms with E-state index in [0.29, 0.717) is 24.1 Å². The van der Waals surface area contributed by atoms with Gasteiger partial charge >= 0.3 is 5.97 Å². The molecule has 2 aliphatic rings. The van der Waals surface area contributed by atoms with Gasteiger partial charge in [0.1, 0.15) is 0 Å². The van der Waals surface area contributed by atoms with Crippen LogP contribution in [-0.4, -0.2) is 30.2 Å². The number of esters is 1. The Labute approximate surface area is 203 Å². The van der Waals surface area contributed by atoms with Crippen molar-refractivity contribution >= 4 is 29.3 Å². The number of imide groups is 1. The Hall–Kier alpha value is -4.06. The predicted molar refractivity (Wildman–Crippen MR) is 130 cm³/mol. The summed E-state index contributed by atoms with van der Waals surface area (Å²) in [4.78, 5) is 52.2. The number of nitrogens with zero attached hydrogens (tertiary/aromatic N) is 1. The third kappa shape index (κ3) is 4.52. The van der Waals surface area contributed by atoms with E-state index in [0.717, 1.165) is 6.42 Å². The van der Waals surface area contributed by atoms with Gasteiger partial charge < -0.3 is 4.74 Å². The molecule has 0 aromatic heterocycles. The molecule has 6 heteroatoms. The van der Waals surface area contributed by atoms with Crippen LogP contribution in [0.4, 0.5) is 5.69 Å². The van der Waals surface area contributed by atoms with Crippen LogP contribution in [-0.2, 0) is 14.3 Å². The van der Waals surface area contributed by atoms with Crippen molar-refractivity contribution in [2.75, 3.05) is 11.5 Å². The Morgan fingerprint density at radius 1 is 0.743 bits per heavy atom. The highest BCUT2D eigenvalue weighted by Crippen LogP contribution is 2.45. The number of hydrogen-bond acceptors (Lipinski definition) is 5. The number of carbonyl (C=O) groups excluding carboxylic acids is 4. The van der Waals surface area contributed by atoms with Gasteiger partial charge in [-0.05, 0) is 55.0 Å². The van der Waals surface area contributed by atoms with Crippen LogP contribution in [0.5, 0.6) is 0 Å². The second kappa shape index (κ2) is 9.66. The van der Waals surface area contributed by atoms with Crippen LogP contribution in [0.25, 0.3) is 0 Å². The topological polar surface area (TPSA) is 80.8 Å². The minimum atomic E-state index is -0.640. The van der Waals surface area contributed by atoms with E-state index in [-0.39, 0.29) is 47.5 Å². The average Bonchev–Trinajstić information content (AvgIpc) is 3.17. The Balaban J connectivity index is 1.24. The number of hydrogen-bond donors (Lipinski definition) is 0. The van der Waals surface area contributed by atoms with Gasteiger partial charge in [0, 0.05) is 5.56 Å².